The summed E-state index contributed by atoms with van der Waals surface area (Å²) in [6.07, 6.45) is 3.43. The molecule has 0 fully saturated rings. The van der Waals surface area contributed by atoms with Gasteiger partial charge in [0.1, 0.15) is 11.5 Å². The molecule has 0 atom stereocenters. The zero-order chi connectivity index (χ0) is 32.8. The average molecular weight is 631 g/mol. The number of hydrogen-bond acceptors (Lipinski definition) is 5. The number of nitrogens with one attached hydrogen (secondary N) is 2. The summed E-state index contributed by atoms with van der Waals surface area (Å²) in [5, 5.41) is 14.7. The van der Waals surface area contributed by atoms with Gasteiger partial charge < -0.3 is 15.2 Å². The molecule has 3 N–H and O–H groups in total. The second kappa shape index (κ2) is 13.9. The highest BCUT2D eigenvalue weighted by Gasteiger charge is 2.27. The summed E-state index contributed by atoms with van der Waals surface area (Å²) in [5.74, 6) is 0.211. The van der Waals surface area contributed by atoms with Gasteiger partial charge in [0.2, 0.25) is 0 Å². The normalized spacial score (nSPS) is 12.2. The third kappa shape index (κ3) is 7.79. The zero-order valence-electron chi connectivity index (χ0n) is 27.2. The van der Waals surface area contributed by atoms with Crippen LogP contribution in [0.3, 0.4) is 0 Å². The van der Waals surface area contributed by atoms with Crippen molar-refractivity contribution in [1.29, 1.82) is 0 Å². The van der Waals surface area contributed by atoms with Crippen molar-refractivity contribution in [3.05, 3.63) is 95.6 Å². The van der Waals surface area contributed by atoms with Crippen molar-refractivity contribution in [2.75, 3.05) is 17.9 Å². The number of carbonyl (C=O) groups is 1. The summed E-state index contributed by atoms with van der Waals surface area (Å²) in [4.78, 5) is 13.3. The number of ether oxygens (including phenoxy) is 1. The molecular weight excluding hydrogens is 584 g/mol. The van der Waals surface area contributed by atoms with E-state index in [2.05, 4.69) is 69.8 Å². The number of rotatable bonds is 14. The first-order valence-corrected chi connectivity index (χ1v) is 17.2. The number of hydrogen-bond donors (Lipinski definition) is 3. The molecule has 0 saturated heterocycles. The van der Waals surface area contributed by atoms with Crippen LogP contribution in [0.15, 0.2) is 83.8 Å². The number of benzene rings is 4. The Labute approximate surface area is 268 Å². The Balaban J connectivity index is 1.42. The molecule has 4 aromatic carbocycles. The Bertz CT molecular complexity index is 1750. The fourth-order valence-electron chi connectivity index (χ4n) is 5.13. The number of amides is 1. The topological polar surface area (TPSA) is 105 Å². The van der Waals surface area contributed by atoms with Crippen LogP contribution in [0.2, 0.25) is 0 Å². The largest absolute Gasteiger partial charge is 0.506 e. The van der Waals surface area contributed by atoms with E-state index in [0.717, 1.165) is 25.0 Å². The van der Waals surface area contributed by atoms with E-state index in [0.29, 0.717) is 30.3 Å². The number of sulfonamides is 1. The smallest absolute Gasteiger partial charge is 0.261 e. The van der Waals surface area contributed by atoms with E-state index in [9.17, 15) is 18.3 Å². The summed E-state index contributed by atoms with van der Waals surface area (Å²) >= 11 is 0. The summed E-state index contributed by atoms with van der Waals surface area (Å²) < 4.78 is 35.0. The highest BCUT2D eigenvalue weighted by molar-refractivity contribution is 7.92. The molecule has 4 aromatic rings. The van der Waals surface area contributed by atoms with Gasteiger partial charge in [-0.15, -0.1) is 0 Å². The summed E-state index contributed by atoms with van der Waals surface area (Å²) in [6, 6.07) is 22.8. The van der Waals surface area contributed by atoms with Gasteiger partial charge in [0, 0.05) is 22.9 Å². The Morgan fingerprint density at radius 3 is 2.13 bits per heavy atom. The number of fused-ring (bicyclic) bond motifs is 1. The predicted molar refractivity (Wildman–Crippen MR) is 183 cm³/mol. The molecule has 7 nitrogen and oxygen atoms in total. The number of phenolic OH excluding ortho intramolecular Hbond substituents is 1. The van der Waals surface area contributed by atoms with Crippen molar-refractivity contribution >= 4 is 32.4 Å². The zero-order valence-corrected chi connectivity index (χ0v) is 28.1. The second-order valence-electron chi connectivity index (χ2n) is 12.8. The minimum absolute atomic E-state index is 0.00255. The van der Waals surface area contributed by atoms with Crippen LogP contribution in [0.25, 0.3) is 10.8 Å². The average Bonchev–Trinajstić information content (AvgIpc) is 3.04. The lowest BCUT2D eigenvalue weighted by atomic mass is 9.76. The van der Waals surface area contributed by atoms with Gasteiger partial charge in [-0.1, -0.05) is 96.1 Å². The van der Waals surface area contributed by atoms with Gasteiger partial charge in [0.05, 0.1) is 22.8 Å². The van der Waals surface area contributed by atoms with Crippen molar-refractivity contribution in [2.24, 2.45) is 0 Å². The number of aromatic hydroxyl groups is 1. The molecule has 8 heteroatoms. The van der Waals surface area contributed by atoms with Gasteiger partial charge in [-0.25, -0.2) is 8.42 Å². The monoisotopic (exact) mass is 630 g/mol. The molecular formula is C37H46N2O5S. The maximum atomic E-state index is 13.2. The van der Waals surface area contributed by atoms with E-state index in [1.807, 2.05) is 0 Å². The first-order chi connectivity index (χ1) is 21.3. The van der Waals surface area contributed by atoms with Gasteiger partial charge in [0.25, 0.3) is 15.9 Å². The lowest BCUT2D eigenvalue weighted by Crippen LogP contribution is -2.25. The predicted octanol–water partition coefficient (Wildman–Crippen LogP) is 8.31. The van der Waals surface area contributed by atoms with Crippen LogP contribution in [0.5, 0.6) is 11.5 Å². The molecule has 0 saturated carbocycles. The van der Waals surface area contributed by atoms with Crippen LogP contribution in [0.4, 0.5) is 5.69 Å². The molecule has 1 amide bonds. The summed E-state index contributed by atoms with van der Waals surface area (Å²) in [5.41, 5.74) is 2.79. The lowest BCUT2D eigenvalue weighted by molar-refractivity contribution is 0.0950. The molecule has 0 aliphatic rings. The van der Waals surface area contributed by atoms with Crippen molar-refractivity contribution in [1.82, 2.24) is 5.32 Å². The van der Waals surface area contributed by atoms with Gasteiger partial charge in [-0.2, -0.15) is 0 Å². The quantitative estimate of drug-likeness (QED) is 0.0960. The maximum Gasteiger partial charge on any atom is 0.261 e. The third-order valence-electron chi connectivity index (χ3n) is 8.93. The van der Waals surface area contributed by atoms with Crippen molar-refractivity contribution in [3.8, 4) is 11.5 Å². The fourth-order valence-corrected chi connectivity index (χ4v) is 6.22. The van der Waals surface area contributed by atoms with E-state index in [1.165, 1.54) is 29.3 Å². The number of phenols is 1. The van der Waals surface area contributed by atoms with Crippen LogP contribution >= 0.6 is 0 Å². The third-order valence-corrected chi connectivity index (χ3v) is 10.3. The lowest BCUT2D eigenvalue weighted by Gasteiger charge is -2.30. The molecule has 4 rings (SSSR count). The Morgan fingerprint density at radius 1 is 0.822 bits per heavy atom. The van der Waals surface area contributed by atoms with Crippen molar-refractivity contribution in [3.63, 3.8) is 0 Å². The molecule has 0 unspecified atom stereocenters. The molecule has 0 bridgehead atoms. The Morgan fingerprint density at radius 2 is 1.47 bits per heavy atom. The van der Waals surface area contributed by atoms with Crippen LogP contribution in [0.1, 0.15) is 88.7 Å². The van der Waals surface area contributed by atoms with E-state index >= 15 is 0 Å². The standard InChI is InChI=1S/C37H46N2O5S/c1-7-36(3,4)26-20-21-33(31(24-26)37(5,6)8-2)44-23-15-14-22-38-35(41)30-25-32(28-18-12-13-19-29(28)34(30)40)39-45(42,43)27-16-10-9-11-17-27/h9-13,16-21,24-25,39-40H,7-8,14-15,22-23H2,1-6H3,(H,38,41). The first-order valence-electron chi connectivity index (χ1n) is 15.7. The summed E-state index contributed by atoms with van der Waals surface area (Å²) in [6.45, 7) is 14.3. The molecule has 240 valence electrons. The highest BCUT2D eigenvalue weighted by Crippen LogP contribution is 2.39. The molecule has 0 aromatic heterocycles. The Kier molecular flexibility index (Phi) is 10.5. The van der Waals surface area contributed by atoms with Crippen LogP contribution in [-0.2, 0) is 20.9 Å². The molecule has 0 aliphatic carbocycles. The minimum Gasteiger partial charge on any atom is -0.506 e. The maximum absolute atomic E-state index is 13.2. The molecule has 0 aliphatic heterocycles. The SMILES string of the molecule is CCC(C)(C)c1ccc(OCCCCNC(=O)c2cc(NS(=O)(=O)c3ccccc3)c3ccccc3c2O)c(C(C)(C)CC)c1. The second-order valence-corrected chi connectivity index (χ2v) is 14.5. The van der Waals surface area contributed by atoms with Crippen molar-refractivity contribution in [2.45, 2.75) is 83.0 Å². The number of carbonyl (C=O) groups excluding carboxylic acids is 1. The van der Waals surface area contributed by atoms with Gasteiger partial charge >= 0.3 is 0 Å². The molecule has 45 heavy (non-hydrogen) atoms. The van der Waals surface area contributed by atoms with Gasteiger partial charge in [0.15, 0.2) is 0 Å². The van der Waals surface area contributed by atoms with Gasteiger partial charge in [-0.3, -0.25) is 9.52 Å². The molecule has 0 radical (unpaired) electrons. The summed E-state index contributed by atoms with van der Waals surface area (Å²) in [7, 11) is -3.91. The molecule has 0 heterocycles. The van der Waals surface area contributed by atoms with Crippen LogP contribution < -0.4 is 14.8 Å². The van der Waals surface area contributed by atoms with E-state index in [1.54, 1.807) is 42.5 Å². The van der Waals surface area contributed by atoms with E-state index in [4.69, 9.17) is 4.74 Å². The van der Waals surface area contributed by atoms with Crippen LogP contribution in [-0.4, -0.2) is 32.6 Å². The highest BCUT2D eigenvalue weighted by atomic mass is 32.2. The minimum atomic E-state index is -3.91. The van der Waals surface area contributed by atoms with Crippen molar-refractivity contribution < 1.29 is 23.1 Å². The Hall–Kier alpha value is -4.04. The fraction of sp³-hybridized carbons (Fsp3) is 0.378. The van der Waals surface area contributed by atoms with E-state index < -0.39 is 15.9 Å². The van der Waals surface area contributed by atoms with E-state index in [-0.39, 0.29) is 32.7 Å². The first kappa shape index (κ1) is 33.8. The van der Waals surface area contributed by atoms with Gasteiger partial charge in [-0.05, 0) is 66.3 Å². The number of unbranched alkanes of at least 4 members (excludes halogenated alkanes) is 1. The van der Waals surface area contributed by atoms with Crippen LogP contribution in [0, 0.1) is 0 Å². The number of anilines is 1. The molecule has 0 spiro atoms.